The third-order valence-electron chi connectivity index (χ3n) is 4.19. The largest absolute Gasteiger partial charge is 0.516 e. The van der Waals surface area contributed by atoms with Crippen molar-refractivity contribution >= 4 is 24.2 Å². The maximum absolute atomic E-state index is 12.3. The molecule has 0 saturated carbocycles. The van der Waals surface area contributed by atoms with E-state index in [-0.39, 0.29) is 12.0 Å². The lowest BCUT2D eigenvalue weighted by atomic mass is 10.1. The summed E-state index contributed by atoms with van der Waals surface area (Å²) in [5.74, 6) is -1.13. The average Bonchev–Trinajstić information content (AvgIpc) is 2.44. The van der Waals surface area contributed by atoms with E-state index in [0.717, 1.165) is 36.8 Å². The first-order valence-corrected chi connectivity index (χ1v) is 12.5. The van der Waals surface area contributed by atoms with Gasteiger partial charge in [-0.1, -0.05) is 39.0 Å². The van der Waals surface area contributed by atoms with Gasteiger partial charge in [-0.2, -0.15) is 21.6 Å². The predicted molar refractivity (Wildman–Crippen MR) is 89.4 cm³/mol. The molecule has 0 aromatic heterocycles. The molecule has 10 heteroatoms. The fourth-order valence-electron chi connectivity index (χ4n) is 2.39. The fraction of sp³-hybridized carbons (Fsp3) is 0.929. The van der Waals surface area contributed by atoms with Crippen LogP contribution in [0.4, 0.5) is 13.2 Å². The Bertz CT molecular complexity index is 495. The molecule has 1 unspecified atom stereocenters. The summed E-state index contributed by atoms with van der Waals surface area (Å²) in [5.41, 5.74) is -5.40. The molecule has 0 saturated heterocycles. The zero-order valence-electron chi connectivity index (χ0n) is 14.7. The highest BCUT2D eigenvalue weighted by Gasteiger charge is 2.47. The molecule has 1 atom stereocenters. The van der Waals surface area contributed by atoms with Gasteiger partial charge in [0.1, 0.15) is 0 Å². The van der Waals surface area contributed by atoms with E-state index >= 15 is 0 Å². The molecule has 0 aliphatic carbocycles. The first-order chi connectivity index (χ1) is 10.9. The first kappa shape index (κ1) is 23.4. The minimum absolute atomic E-state index is 0.0821. The molecule has 0 heterocycles. The van der Waals surface area contributed by atoms with Gasteiger partial charge in [0.25, 0.3) is 0 Å². The number of nitrogens with one attached hydrogen (secondary N) is 1. The van der Waals surface area contributed by atoms with Crippen molar-refractivity contribution in [2.75, 3.05) is 7.11 Å². The van der Waals surface area contributed by atoms with Crippen LogP contribution < -0.4 is 4.72 Å². The van der Waals surface area contributed by atoms with Crippen LogP contribution in [0.2, 0.25) is 18.6 Å². The Morgan fingerprint density at radius 3 is 2.21 bits per heavy atom. The minimum Gasteiger partial charge on any atom is -0.420 e. The predicted octanol–water partition coefficient (Wildman–Crippen LogP) is 3.92. The van der Waals surface area contributed by atoms with E-state index in [1.54, 1.807) is 7.11 Å². The van der Waals surface area contributed by atoms with Crippen molar-refractivity contribution in [1.29, 1.82) is 0 Å². The Morgan fingerprint density at radius 2 is 1.75 bits per heavy atom. The molecule has 24 heavy (non-hydrogen) atoms. The van der Waals surface area contributed by atoms with Crippen molar-refractivity contribution < 1.29 is 30.8 Å². The topological polar surface area (TPSA) is 72.5 Å². The number of unbranched alkanes of at least 4 members (excludes halogenated alkanes) is 3. The molecular formula is C14H28F3NO4SSi. The Kier molecular flexibility index (Phi) is 9.51. The van der Waals surface area contributed by atoms with Gasteiger partial charge >= 0.3 is 15.5 Å². The van der Waals surface area contributed by atoms with E-state index < -0.39 is 29.8 Å². The van der Waals surface area contributed by atoms with Gasteiger partial charge in [-0.3, -0.25) is 4.79 Å². The zero-order chi connectivity index (χ0) is 19.0. The molecule has 0 aliphatic heterocycles. The molecule has 1 N–H and O–H groups in total. The second kappa shape index (κ2) is 9.76. The average molecular weight is 392 g/mol. The zero-order valence-corrected chi connectivity index (χ0v) is 16.5. The van der Waals surface area contributed by atoms with Crippen molar-refractivity contribution in [2.24, 2.45) is 0 Å². The maximum atomic E-state index is 12.3. The number of alkyl halides is 3. The lowest BCUT2D eigenvalue weighted by Gasteiger charge is -2.31. The first-order valence-electron chi connectivity index (χ1n) is 8.04. The lowest BCUT2D eigenvalue weighted by molar-refractivity contribution is -0.120. The Hall–Kier alpha value is -0.613. The maximum Gasteiger partial charge on any atom is 0.516 e. The van der Waals surface area contributed by atoms with Gasteiger partial charge < -0.3 is 4.43 Å². The van der Waals surface area contributed by atoms with Gasteiger partial charge in [-0.15, -0.1) is 0 Å². The molecule has 0 spiro atoms. The van der Waals surface area contributed by atoms with Gasteiger partial charge in [0.2, 0.25) is 5.91 Å². The number of rotatable bonds is 11. The molecule has 0 radical (unpaired) electrons. The number of sulfonamides is 1. The molecule has 1 amide bonds. The molecule has 144 valence electrons. The monoisotopic (exact) mass is 391 g/mol. The Balaban J connectivity index is 4.68. The summed E-state index contributed by atoms with van der Waals surface area (Å²) in [5, 5.41) is 0. The molecular weight excluding hydrogens is 363 g/mol. The molecule has 0 fully saturated rings. The minimum atomic E-state index is -5.63. The van der Waals surface area contributed by atoms with Gasteiger partial charge in [-0.05, 0) is 25.1 Å². The van der Waals surface area contributed by atoms with Crippen LogP contribution in [0, 0.1) is 0 Å². The third kappa shape index (κ3) is 7.97. The summed E-state index contributed by atoms with van der Waals surface area (Å²) < 4.78 is 65.3. The van der Waals surface area contributed by atoms with Crippen LogP contribution in [0.15, 0.2) is 0 Å². The summed E-state index contributed by atoms with van der Waals surface area (Å²) in [6.45, 7) is 6.07. The highest BCUT2D eigenvalue weighted by molar-refractivity contribution is 7.90. The van der Waals surface area contributed by atoms with Crippen molar-refractivity contribution in [3.8, 4) is 0 Å². The van der Waals surface area contributed by atoms with Crippen LogP contribution in [0.5, 0.6) is 0 Å². The van der Waals surface area contributed by atoms with Crippen LogP contribution in [0.3, 0.4) is 0 Å². The molecule has 0 rings (SSSR count). The van der Waals surface area contributed by atoms with E-state index in [9.17, 15) is 26.4 Å². The molecule has 5 nitrogen and oxygen atoms in total. The summed E-state index contributed by atoms with van der Waals surface area (Å²) in [7, 11) is -6.11. The quantitative estimate of drug-likeness (QED) is 0.428. The molecule has 0 aromatic rings. The smallest absolute Gasteiger partial charge is 0.420 e. The summed E-state index contributed by atoms with van der Waals surface area (Å²) in [6.07, 6.45) is 5.08. The van der Waals surface area contributed by atoms with Crippen molar-refractivity contribution in [3.05, 3.63) is 0 Å². The van der Waals surface area contributed by atoms with E-state index in [4.69, 9.17) is 4.43 Å². The number of carbonyl (C=O) groups is 1. The normalized spacial score (nSPS) is 14.5. The Labute approximate surface area is 143 Å². The van der Waals surface area contributed by atoms with Crippen LogP contribution >= 0.6 is 0 Å². The van der Waals surface area contributed by atoms with Gasteiger partial charge in [0.05, 0.1) is 0 Å². The number of hydrogen-bond acceptors (Lipinski definition) is 4. The van der Waals surface area contributed by atoms with Crippen molar-refractivity contribution in [2.45, 2.75) is 76.0 Å². The summed E-state index contributed by atoms with van der Waals surface area (Å²) in [4.78, 5) is 11.6. The Morgan fingerprint density at radius 1 is 1.17 bits per heavy atom. The van der Waals surface area contributed by atoms with Gasteiger partial charge in [-0.25, -0.2) is 4.72 Å². The lowest BCUT2D eigenvalue weighted by Crippen LogP contribution is -2.41. The number of halogens is 3. The van der Waals surface area contributed by atoms with E-state index in [1.807, 2.05) is 13.1 Å². The molecule has 0 aromatic carbocycles. The fourth-order valence-corrected chi connectivity index (χ4v) is 4.98. The second-order valence-corrected chi connectivity index (χ2v) is 12.5. The highest BCUT2D eigenvalue weighted by Crippen LogP contribution is 2.33. The number of amides is 1. The van der Waals surface area contributed by atoms with Crippen LogP contribution in [0.1, 0.15) is 51.9 Å². The van der Waals surface area contributed by atoms with E-state index in [2.05, 4.69) is 6.92 Å². The summed E-state index contributed by atoms with van der Waals surface area (Å²) >= 11 is 0. The van der Waals surface area contributed by atoms with Gasteiger partial charge in [0.15, 0.2) is 8.32 Å². The van der Waals surface area contributed by atoms with E-state index in [0.29, 0.717) is 6.42 Å². The van der Waals surface area contributed by atoms with Crippen LogP contribution in [-0.2, 0) is 19.2 Å². The second-order valence-electron chi connectivity index (χ2n) is 6.37. The SMILES string of the molecule is CCCCCCC(CCC(=O)NS(=O)(=O)C(F)(F)F)[Si](C)(C)OC. The molecule has 0 bridgehead atoms. The highest BCUT2D eigenvalue weighted by atomic mass is 32.2. The number of hydrogen-bond donors (Lipinski definition) is 1. The van der Waals surface area contributed by atoms with Gasteiger partial charge in [0, 0.05) is 13.5 Å². The number of carbonyl (C=O) groups excluding carboxylic acids is 1. The summed E-state index contributed by atoms with van der Waals surface area (Å²) in [6, 6.07) is 0. The molecule has 0 aliphatic rings. The van der Waals surface area contributed by atoms with Crippen LogP contribution in [0.25, 0.3) is 0 Å². The third-order valence-corrected chi connectivity index (χ3v) is 8.89. The van der Waals surface area contributed by atoms with E-state index in [1.165, 1.54) is 0 Å². The van der Waals surface area contributed by atoms with Crippen LogP contribution in [-0.4, -0.2) is 35.3 Å². The van der Waals surface area contributed by atoms with Crippen molar-refractivity contribution in [3.63, 3.8) is 0 Å². The van der Waals surface area contributed by atoms with Crippen molar-refractivity contribution in [1.82, 2.24) is 4.72 Å². The standard InChI is InChI=1S/C14H28F3NO4SSi/c1-5-6-7-8-9-12(24(3,4)22-2)10-11-13(19)18-23(20,21)14(15,16)17/h12H,5-11H2,1-4H3,(H,18,19).